The van der Waals surface area contributed by atoms with E-state index in [1.807, 2.05) is 0 Å². The van der Waals surface area contributed by atoms with Crippen molar-refractivity contribution in [2.45, 2.75) is 6.61 Å². The molecule has 16 heavy (non-hydrogen) atoms. The Morgan fingerprint density at radius 1 is 1.25 bits per heavy atom. The Morgan fingerprint density at radius 2 is 2.00 bits per heavy atom. The van der Waals surface area contributed by atoms with Gasteiger partial charge in [0.1, 0.15) is 12.4 Å². The summed E-state index contributed by atoms with van der Waals surface area (Å²) in [5.74, 6) is -0.292. The van der Waals surface area contributed by atoms with Crippen molar-refractivity contribution in [1.82, 2.24) is 9.97 Å². The quantitative estimate of drug-likeness (QED) is 0.854. The lowest BCUT2D eigenvalue weighted by atomic mass is 10.2. The molecule has 2 N–H and O–H groups in total. The molecule has 2 rings (SSSR count). The molecular weight excluding hydrogens is 209 g/mol. The average Bonchev–Trinajstić information content (AvgIpc) is 2.28. The normalized spacial score (nSPS) is 10.1. The van der Waals surface area contributed by atoms with Crippen molar-refractivity contribution in [1.29, 1.82) is 0 Å². The zero-order valence-electron chi connectivity index (χ0n) is 8.43. The van der Waals surface area contributed by atoms with Gasteiger partial charge < -0.3 is 10.5 Å². The fraction of sp³-hybridized carbons (Fsp3) is 0.0909. The second-order valence-corrected chi connectivity index (χ2v) is 3.22. The van der Waals surface area contributed by atoms with Gasteiger partial charge >= 0.3 is 6.01 Å². The molecule has 0 aliphatic rings. The molecule has 0 saturated heterocycles. The first-order valence-corrected chi connectivity index (χ1v) is 4.69. The number of nitrogens with zero attached hydrogens (tertiary/aromatic N) is 2. The lowest BCUT2D eigenvalue weighted by Crippen LogP contribution is -2.00. The van der Waals surface area contributed by atoms with Gasteiger partial charge in [0.15, 0.2) is 0 Å². The number of halogens is 1. The van der Waals surface area contributed by atoms with E-state index in [2.05, 4.69) is 9.97 Å². The Morgan fingerprint density at radius 3 is 2.69 bits per heavy atom. The number of hydrogen-bond acceptors (Lipinski definition) is 4. The van der Waals surface area contributed by atoms with Gasteiger partial charge in [-0.1, -0.05) is 12.1 Å². The van der Waals surface area contributed by atoms with Crippen LogP contribution in [-0.4, -0.2) is 9.97 Å². The van der Waals surface area contributed by atoms with Crippen LogP contribution in [0.5, 0.6) is 6.01 Å². The topological polar surface area (TPSA) is 61.0 Å². The van der Waals surface area contributed by atoms with Gasteiger partial charge in [0, 0.05) is 0 Å². The van der Waals surface area contributed by atoms with Crippen molar-refractivity contribution in [3.8, 4) is 6.01 Å². The van der Waals surface area contributed by atoms with Gasteiger partial charge in [-0.15, -0.1) is 0 Å². The van der Waals surface area contributed by atoms with E-state index < -0.39 is 0 Å². The van der Waals surface area contributed by atoms with Gasteiger partial charge in [0.25, 0.3) is 0 Å². The minimum atomic E-state index is -0.292. The molecule has 0 radical (unpaired) electrons. The zero-order valence-corrected chi connectivity index (χ0v) is 8.43. The average molecular weight is 219 g/mol. The fourth-order valence-corrected chi connectivity index (χ4v) is 1.18. The standard InChI is InChI=1S/C11H10FN3O/c12-9-3-1-2-8(4-9)7-16-11-14-5-10(13)6-15-11/h1-6H,7,13H2. The van der Waals surface area contributed by atoms with Crippen LogP contribution in [0.15, 0.2) is 36.7 Å². The van der Waals surface area contributed by atoms with E-state index in [4.69, 9.17) is 10.5 Å². The zero-order chi connectivity index (χ0) is 11.4. The first-order valence-electron chi connectivity index (χ1n) is 4.69. The number of rotatable bonds is 3. The molecule has 1 heterocycles. The molecule has 0 aliphatic heterocycles. The molecule has 0 saturated carbocycles. The summed E-state index contributed by atoms with van der Waals surface area (Å²) in [5, 5.41) is 0. The Balaban J connectivity index is 1.99. The molecule has 0 spiro atoms. The van der Waals surface area contributed by atoms with Gasteiger partial charge in [-0.3, -0.25) is 0 Å². The van der Waals surface area contributed by atoms with E-state index in [1.165, 1.54) is 24.5 Å². The highest BCUT2D eigenvalue weighted by Gasteiger charge is 1.99. The molecule has 0 fully saturated rings. The third-order valence-electron chi connectivity index (χ3n) is 1.91. The van der Waals surface area contributed by atoms with Crippen LogP contribution >= 0.6 is 0 Å². The predicted octanol–water partition coefficient (Wildman–Crippen LogP) is 1.78. The fourth-order valence-electron chi connectivity index (χ4n) is 1.18. The smallest absolute Gasteiger partial charge is 0.316 e. The van der Waals surface area contributed by atoms with E-state index in [0.717, 1.165) is 5.56 Å². The largest absolute Gasteiger partial charge is 0.459 e. The maximum atomic E-state index is 12.8. The molecule has 0 atom stereocenters. The SMILES string of the molecule is Nc1cnc(OCc2cccc(F)c2)nc1. The molecular formula is C11H10FN3O. The summed E-state index contributed by atoms with van der Waals surface area (Å²) in [5.41, 5.74) is 6.62. The highest BCUT2D eigenvalue weighted by atomic mass is 19.1. The van der Waals surface area contributed by atoms with Gasteiger partial charge in [-0.25, -0.2) is 14.4 Å². The van der Waals surface area contributed by atoms with E-state index in [1.54, 1.807) is 12.1 Å². The van der Waals surface area contributed by atoms with E-state index in [-0.39, 0.29) is 18.4 Å². The van der Waals surface area contributed by atoms with Gasteiger partial charge in [-0.05, 0) is 17.7 Å². The van der Waals surface area contributed by atoms with Crippen LogP contribution in [0.4, 0.5) is 10.1 Å². The monoisotopic (exact) mass is 219 g/mol. The maximum Gasteiger partial charge on any atom is 0.316 e. The summed E-state index contributed by atoms with van der Waals surface area (Å²) in [7, 11) is 0. The second kappa shape index (κ2) is 4.57. The van der Waals surface area contributed by atoms with Crippen LogP contribution < -0.4 is 10.5 Å². The molecule has 0 amide bonds. The Hall–Kier alpha value is -2.17. The number of benzene rings is 1. The summed E-state index contributed by atoms with van der Waals surface area (Å²) < 4.78 is 18.1. The molecule has 82 valence electrons. The minimum absolute atomic E-state index is 0.221. The Bertz CT molecular complexity index is 473. The van der Waals surface area contributed by atoms with Crippen molar-refractivity contribution < 1.29 is 9.13 Å². The van der Waals surface area contributed by atoms with Crippen LogP contribution in [0.3, 0.4) is 0 Å². The van der Waals surface area contributed by atoms with Gasteiger partial charge in [0.2, 0.25) is 0 Å². The number of anilines is 1. The van der Waals surface area contributed by atoms with E-state index in [0.29, 0.717) is 5.69 Å². The van der Waals surface area contributed by atoms with Crippen LogP contribution in [0.25, 0.3) is 0 Å². The summed E-state index contributed by atoms with van der Waals surface area (Å²) in [4.78, 5) is 7.73. The Labute approximate surface area is 91.9 Å². The first-order chi connectivity index (χ1) is 7.74. The summed E-state index contributed by atoms with van der Waals surface area (Å²) in [6.07, 6.45) is 2.90. The Kier molecular flexibility index (Phi) is 2.95. The molecule has 5 heteroatoms. The number of aromatic nitrogens is 2. The van der Waals surface area contributed by atoms with Crippen LogP contribution in [0.1, 0.15) is 5.56 Å². The minimum Gasteiger partial charge on any atom is -0.459 e. The lowest BCUT2D eigenvalue weighted by molar-refractivity contribution is 0.280. The van der Waals surface area contributed by atoms with Crippen molar-refractivity contribution in [2.75, 3.05) is 5.73 Å². The molecule has 0 bridgehead atoms. The molecule has 0 unspecified atom stereocenters. The molecule has 1 aromatic heterocycles. The molecule has 0 aliphatic carbocycles. The highest BCUT2D eigenvalue weighted by molar-refractivity contribution is 5.30. The van der Waals surface area contributed by atoms with Crippen molar-refractivity contribution in [3.05, 3.63) is 48.0 Å². The number of ether oxygens (including phenoxy) is 1. The summed E-state index contributed by atoms with van der Waals surface area (Å²) >= 11 is 0. The van der Waals surface area contributed by atoms with Crippen molar-refractivity contribution in [3.63, 3.8) is 0 Å². The van der Waals surface area contributed by atoms with Crippen LogP contribution in [0, 0.1) is 5.82 Å². The number of nitrogens with two attached hydrogens (primary N) is 1. The van der Waals surface area contributed by atoms with Crippen LogP contribution in [-0.2, 0) is 6.61 Å². The van der Waals surface area contributed by atoms with Crippen LogP contribution in [0.2, 0.25) is 0 Å². The lowest BCUT2D eigenvalue weighted by Gasteiger charge is -2.04. The molecule has 1 aromatic carbocycles. The van der Waals surface area contributed by atoms with Crippen molar-refractivity contribution >= 4 is 5.69 Å². The molecule has 4 nitrogen and oxygen atoms in total. The summed E-state index contributed by atoms with van der Waals surface area (Å²) in [6, 6.07) is 6.39. The van der Waals surface area contributed by atoms with Gasteiger partial charge in [-0.2, -0.15) is 0 Å². The molecule has 2 aromatic rings. The summed E-state index contributed by atoms with van der Waals surface area (Å²) in [6.45, 7) is 0.224. The number of hydrogen-bond donors (Lipinski definition) is 1. The third kappa shape index (κ3) is 2.66. The first kappa shape index (κ1) is 10.4. The van der Waals surface area contributed by atoms with E-state index in [9.17, 15) is 4.39 Å². The second-order valence-electron chi connectivity index (χ2n) is 3.22. The van der Waals surface area contributed by atoms with Gasteiger partial charge in [0.05, 0.1) is 18.1 Å². The van der Waals surface area contributed by atoms with E-state index >= 15 is 0 Å². The van der Waals surface area contributed by atoms with Crippen molar-refractivity contribution in [2.24, 2.45) is 0 Å². The predicted molar refractivity (Wildman–Crippen MR) is 57.2 cm³/mol. The third-order valence-corrected chi connectivity index (χ3v) is 1.91. The highest BCUT2D eigenvalue weighted by Crippen LogP contribution is 2.08. The number of nitrogen functional groups attached to an aromatic ring is 1. The maximum absolute atomic E-state index is 12.8.